The van der Waals surface area contributed by atoms with Crippen molar-refractivity contribution in [1.82, 2.24) is 19.1 Å². The standard InChI is InChI=1S/C25H32N4O3.C14H18N4O2/c1-24(2,3)32-23(31)29-20(14-27-22(29)26)18-5-4-6-19(10-18)28-21(30)25-11-15-7-16(12-25)9-17(8-15)13-25;1-14(2,3)20-13(19)18-11(8-17-12(18)16)9-5-4-6-10(15)7-9/h4-6,10,14-17H,7-9,11-13H2,1-3H3,(H2,26,27)(H,28,30);4-8H,15H2,1-3H3,(H2,16,17). The normalized spacial score (nSPS) is 21.9. The molecule has 276 valence electrons. The second kappa shape index (κ2) is 13.7. The smallest absolute Gasteiger partial charge is 0.421 e. The fourth-order valence-corrected chi connectivity index (χ4v) is 8.25. The molecule has 4 aliphatic carbocycles. The zero-order valence-corrected chi connectivity index (χ0v) is 30.8. The molecule has 13 heteroatoms. The molecule has 0 saturated heterocycles. The lowest BCUT2D eigenvalue weighted by atomic mass is 9.49. The van der Waals surface area contributed by atoms with Gasteiger partial charge in [-0.05, 0) is 122 Å². The van der Waals surface area contributed by atoms with Crippen molar-refractivity contribution in [3.63, 3.8) is 0 Å². The molecule has 2 heterocycles. The summed E-state index contributed by atoms with van der Waals surface area (Å²) in [6.07, 6.45) is 8.91. The maximum absolute atomic E-state index is 13.4. The molecule has 2 aromatic heterocycles. The Morgan fingerprint density at radius 1 is 0.712 bits per heavy atom. The molecule has 4 aliphatic rings. The average Bonchev–Trinajstić information content (AvgIpc) is 3.62. The molecule has 7 N–H and O–H groups in total. The first-order chi connectivity index (χ1) is 24.4. The van der Waals surface area contributed by atoms with Gasteiger partial charge in [0, 0.05) is 22.5 Å². The molecule has 2 aromatic carbocycles. The highest BCUT2D eigenvalue weighted by Crippen LogP contribution is 2.60. The Labute approximate surface area is 304 Å². The van der Waals surface area contributed by atoms with Gasteiger partial charge in [-0.15, -0.1) is 0 Å². The van der Waals surface area contributed by atoms with E-state index >= 15 is 0 Å². The molecule has 4 bridgehead atoms. The van der Waals surface area contributed by atoms with Gasteiger partial charge in [0.15, 0.2) is 0 Å². The molecule has 0 atom stereocenters. The van der Waals surface area contributed by atoms with Gasteiger partial charge in [0.2, 0.25) is 17.8 Å². The summed E-state index contributed by atoms with van der Waals surface area (Å²) < 4.78 is 13.3. The number of nitrogens with zero attached hydrogens (tertiary/aromatic N) is 4. The van der Waals surface area contributed by atoms with Crippen LogP contribution >= 0.6 is 0 Å². The molecule has 52 heavy (non-hydrogen) atoms. The third-order valence-corrected chi connectivity index (χ3v) is 9.85. The van der Waals surface area contributed by atoms with E-state index in [1.54, 1.807) is 65.9 Å². The molecule has 4 aromatic rings. The van der Waals surface area contributed by atoms with Gasteiger partial charge in [0.1, 0.15) is 11.2 Å². The molecule has 0 radical (unpaired) electrons. The molecular weight excluding hydrogens is 660 g/mol. The highest BCUT2D eigenvalue weighted by molar-refractivity contribution is 5.96. The van der Waals surface area contributed by atoms with E-state index in [1.165, 1.54) is 34.6 Å². The second-order valence-electron chi connectivity index (χ2n) is 16.5. The number of benzene rings is 2. The lowest BCUT2D eigenvalue weighted by Crippen LogP contribution is -2.51. The van der Waals surface area contributed by atoms with Crippen molar-refractivity contribution in [3.8, 4) is 22.5 Å². The zero-order valence-electron chi connectivity index (χ0n) is 30.8. The predicted octanol–water partition coefficient (Wildman–Crippen LogP) is 7.57. The Morgan fingerprint density at radius 3 is 1.60 bits per heavy atom. The molecular formula is C39H50N8O5. The number of nitrogens with one attached hydrogen (secondary N) is 1. The highest BCUT2D eigenvalue weighted by Gasteiger charge is 2.54. The topological polar surface area (TPSA) is 195 Å². The van der Waals surface area contributed by atoms with Crippen molar-refractivity contribution in [2.75, 3.05) is 22.5 Å². The van der Waals surface area contributed by atoms with Crippen LogP contribution < -0.4 is 22.5 Å². The molecule has 0 spiro atoms. The minimum absolute atomic E-state index is 0.0669. The Kier molecular flexibility index (Phi) is 9.58. The number of hydrogen-bond donors (Lipinski definition) is 4. The van der Waals surface area contributed by atoms with Gasteiger partial charge in [-0.2, -0.15) is 0 Å². The lowest BCUT2D eigenvalue weighted by Gasteiger charge is -2.55. The first-order valence-corrected chi connectivity index (χ1v) is 17.8. The Balaban J connectivity index is 0.000000200. The summed E-state index contributed by atoms with van der Waals surface area (Å²) in [4.78, 5) is 46.4. The van der Waals surface area contributed by atoms with Crippen LogP contribution in [0.2, 0.25) is 0 Å². The van der Waals surface area contributed by atoms with Crippen LogP contribution in [-0.4, -0.2) is 48.4 Å². The van der Waals surface area contributed by atoms with E-state index in [1.807, 2.05) is 30.3 Å². The Bertz CT molecular complexity index is 1950. The van der Waals surface area contributed by atoms with Crippen molar-refractivity contribution in [2.45, 2.75) is 91.3 Å². The summed E-state index contributed by atoms with van der Waals surface area (Å²) >= 11 is 0. The number of nitrogens with two attached hydrogens (primary N) is 3. The lowest BCUT2D eigenvalue weighted by molar-refractivity contribution is -0.140. The molecule has 0 aliphatic heterocycles. The van der Waals surface area contributed by atoms with Crippen LogP contribution in [0.25, 0.3) is 22.5 Å². The largest absolute Gasteiger partial charge is 0.443 e. The third kappa shape index (κ3) is 7.93. The molecule has 13 nitrogen and oxygen atoms in total. The predicted molar refractivity (Wildman–Crippen MR) is 201 cm³/mol. The van der Waals surface area contributed by atoms with E-state index in [2.05, 4.69) is 15.3 Å². The summed E-state index contributed by atoms with van der Waals surface area (Å²) in [7, 11) is 0. The van der Waals surface area contributed by atoms with Gasteiger partial charge in [-0.25, -0.2) is 28.7 Å². The fraction of sp³-hybridized carbons (Fsp3) is 0.462. The highest BCUT2D eigenvalue weighted by atomic mass is 16.6. The number of anilines is 4. The van der Waals surface area contributed by atoms with Crippen LogP contribution in [0.1, 0.15) is 80.1 Å². The molecule has 1 amide bonds. The number of imidazole rings is 2. The van der Waals surface area contributed by atoms with Gasteiger partial charge in [-0.3, -0.25) is 4.79 Å². The number of nitrogen functional groups attached to an aromatic ring is 3. The summed E-state index contributed by atoms with van der Waals surface area (Å²) in [5.74, 6) is 2.43. The van der Waals surface area contributed by atoms with E-state index in [9.17, 15) is 14.4 Å². The van der Waals surface area contributed by atoms with E-state index in [-0.39, 0.29) is 23.2 Å². The van der Waals surface area contributed by atoms with Crippen LogP contribution in [0, 0.1) is 23.2 Å². The minimum atomic E-state index is -0.654. The van der Waals surface area contributed by atoms with Crippen molar-refractivity contribution in [1.29, 1.82) is 0 Å². The third-order valence-electron chi connectivity index (χ3n) is 9.85. The molecule has 4 saturated carbocycles. The van der Waals surface area contributed by atoms with Gasteiger partial charge in [-0.1, -0.05) is 24.3 Å². The number of amides is 1. The minimum Gasteiger partial charge on any atom is -0.443 e. The van der Waals surface area contributed by atoms with Crippen LogP contribution in [0.4, 0.5) is 32.9 Å². The van der Waals surface area contributed by atoms with E-state index in [0.717, 1.165) is 36.1 Å². The molecule has 8 rings (SSSR count). The maximum atomic E-state index is 13.4. The summed E-state index contributed by atoms with van der Waals surface area (Å²) in [6.45, 7) is 10.8. The van der Waals surface area contributed by atoms with Gasteiger partial charge >= 0.3 is 12.2 Å². The van der Waals surface area contributed by atoms with Crippen molar-refractivity contribution >= 4 is 41.4 Å². The van der Waals surface area contributed by atoms with Crippen molar-refractivity contribution in [3.05, 3.63) is 60.9 Å². The quantitative estimate of drug-likeness (QED) is 0.153. The summed E-state index contributed by atoms with van der Waals surface area (Å²) in [5.41, 5.74) is 19.9. The van der Waals surface area contributed by atoms with Gasteiger partial charge in [0.05, 0.1) is 29.2 Å². The van der Waals surface area contributed by atoms with Crippen molar-refractivity contribution < 1.29 is 23.9 Å². The number of hydrogen-bond acceptors (Lipinski definition) is 10. The Hall–Kier alpha value is -5.33. The maximum Gasteiger partial charge on any atom is 0.421 e. The van der Waals surface area contributed by atoms with Crippen LogP contribution in [0.5, 0.6) is 0 Å². The Morgan fingerprint density at radius 2 is 1.15 bits per heavy atom. The van der Waals surface area contributed by atoms with E-state index in [0.29, 0.717) is 34.8 Å². The second-order valence-corrected chi connectivity index (χ2v) is 16.5. The number of carbonyl (C=O) groups excluding carboxylic acids is 3. The summed E-state index contributed by atoms with van der Waals surface area (Å²) in [6, 6.07) is 14.6. The SMILES string of the molecule is CC(C)(C)OC(=O)n1c(-c2cccc(N)c2)cnc1N.CC(C)(C)OC(=O)n1c(-c2cccc(NC(=O)C34CC5CC(CC(C5)C3)C4)c2)cnc1N. The summed E-state index contributed by atoms with van der Waals surface area (Å²) in [5, 5.41) is 3.19. The zero-order chi connectivity index (χ0) is 37.6. The van der Waals surface area contributed by atoms with Gasteiger partial charge in [0.25, 0.3) is 0 Å². The average molecular weight is 711 g/mol. The first kappa shape index (κ1) is 36.5. The number of rotatable bonds is 4. The van der Waals surface area contributed by atoms with E-state index in [4.69, 9.17) is 26.7 Å². The van der Waals surface area contributed by atoms with Crippen molar-refractivity contribution in [2.24, 2.45) is 23.2 Å². The van der Waals surface area contributed by atoms with Gasteiger partial charge < -0.3 is 32.0 Å². The van der Waals surface area contributed by atoms with Crippen LogP contribution in [0.3, 0.4) is 0 Å². The molecule has 0 unspecified atom stereocenters. The number of carbonyl (C=O) groups is 3. The van der Waals surface area contributed by atoms with E-state index < -0.39 is 23.4 Å². The first-order valence-electron chi connectivity index (χ1n) is 17.8. The van der Waals surface area contributed by atoms with Crippen LogP contribution in [-0.2, 0) is 14.3 Å². The number of ether oxygens (including phenoxy) is 2. The monoisotopic (exact) mass is 710 g/mol. The van der Waals surface area contributed by atoms with Crippen LogP contribution in [0.15, 0.2) is 60.9 Å². The fourth-order valence-electron chi connectivity index (χ4n) is 8.25. The molecule has 4 fully saturated rings. The number of aromatic nitrogens is 4.